The lowest BCUT2D eigenvalue weighted by molar-refractivity contribution is -0.129. The van der Waals surface area contributed by atoms with Crippen molar-refractivity contribution in [3.05, 3.63) is 35.4 Å². The van der Waals surface area contributed by atoms with E-state index in [1.165, 1.54) is 35.3 Å². The average Bonchev–Trinajstić information content (AvgIpc) is 2.79. The zero-order valence-electron chi connectivity index (χ0n) is 12.8. The first-order valence-electron chi connectivity index (χ1n) is 8.43. The van der Waals surface area contributed by atoms with Crippen LogP contribution in [0, 0.1) is 5.92 Å². The first-order valence-corrected chi connectivity index (χ1v) is 8.43. The van der Waals surface area contributed by atoms with Crippen LogP contribution in [0.1, 0.15) is 43.2 Å². The number of benzene rings is 1. The fraction of sp³-hybridized carbons (Fsp3) is 0.556. The Hall–Kier alpha value is -1.84. The maximum absolute atomic E-state index is 12.7. The number of nitrogens with zero attached hydrogens (tertiary/aromatic N) is 2. The number of hydrogen-bond donors (Lipinski definition) is 0. The summed E-state index contributed by atoms with van der Waals surface area (Å²) >= 11 is 0. The molecule has 3 aliphatic rings. The number of imide groups is 1. The summed E-state index contributed by atoms with van der Waals surface area (Å²) in [6.07, 6.45) is 6.74. The number of hydrogen-bond acceptors (Lipinski definition) is 2. The highest BCUT2D eigenvalue weighted by atomic mass is 16.2. The zero-order chi connectivity index (χ0) is 15.1. The Bertz CT molecular complexity index is 564. The highest BCUT2D eigenvalue weighted by Gasteiger charge is 2.47. The van der Waals surface area contributed by atoms with E-state index >= 15 is 0 Å². The van der Waals surface area contributed by atoms with Gasteiger partial charge in [0, 0.05) is 19.5 Å². The van der Waals surface area contributed by atoms with Crippen LogP contribution < -0.4 is 0 Å². The summed E-state index contributed by atoms with van der Waals surface area (Å²) in [4.78, 5) is 28.7. The third-order valence-electron chi connectivity index (χ3n) is 5.44. The maximum atomic E-state index is 12.7. The number of carbonyl (C=O) groups excluding carboxylic acids is 2. The third-order valence-corrected chi connectivity index (χ3v) is 5.44. The second kappa shape index (κ2) is 5.41. The van der Waals surface area contributed by atoms with Crippen molar-refractivity contribution in [3.8, 4) is 0 Å². The summed E-state index contributed by atoms with van der Waals surface area (Å²) in [6, 6.07) is 7.80. The molecule has 0 bridgehead atoms. The summed E-state index contributed by atoms with van der Waals surface area (Å²) in [5.74, 6) is 0.524. The summed E-state index contributed by atoms with van der Waals surface area (Å²) in [5, 5.41) is 0. The van der Waals surface area contributed by atoms with Crippen LogP contribution in [0.4, 0.5) is 4.79 Å². The molecule has 4 nitrogen and oxygen atoms in total. The number of rotatable bonds is 2. The Morgan fingerprint density at radius 2 is 1.73 bits per heavy atom. The fourth-order valence-corrected chi connectivity index (χ4v) is 4.17. The normalized spacial score (nSPS) is 25.4. The topological polar surface area (TPSA) is 40.6 Å². The predicted molar refractivity (Wildman–Crippen MR) is 83.2 cm³/mol. The van der Waals surface area contributed by atoms with E-state index in [4.69, 9.17) is 0 Å². The van der Waals surface area contributed by atoms with Crippen LogP contribution in [0.15, 0.2) is 24.3 Å². The molecular weight excluding hydrogens is 276 g/mol. The molecule has 2 aliphatic heterocycles. The molecule has 3 amide bonds. The van der Waals surface area contributed by atoms with Gasteiger partial charge in [-0.2, -0.15) is 0 Å². The molecule has 1 aromatic rings. The van der Waals surface area contributed by atoms with Crippen LogP contribution in [0.5, 0.6) is 0 Å². The fourth-order valence-electron chi connectivity index (χ4n) is 4.17. The Labute approximate surface area is 131 Å². The monoisotopic (exact) mass is 298 g/mol. The summed E-state index contributed by atoms with van der Waals surface area (Å²) in [7, 11) is 0. The molecule has 1 aromatic carbocycles. The van der Waals surface area contributed by atoms with E-state index in [1.807, 2.05) is 12.1 Å². The highest BCUT2D eigenvalue weighted by Crippen LogP contribution is 2.32. The van der Waals surface area contributed by atoms with Gasteiger partial charge in [0.2, 0.25) is 0 Å². The van der Waals surface area contributed by atoms with Gasteiger partial charge in [0.25, 0.3) is 5.91 Å². The number of urea groups is 1. The van der Waals surface area contributed by atoms with Crippen LogP contribution in [-0.2, 0) is 17.8 Å². The van der Waals surface area contributed by atoms with Crippen LogP contribution >= 0.6 is 0 Å². The van der Waals surface area contributed by atoms with Gasteiger partial charge < -0.3 is 4.90 Å². The highest BCUT2D eigenvalue weighted by molar-refractivity contribution is 6.04. The largest absolute Gasteiger partial charge is 0.327 e. The molecule has 2 heterocycles. The van der Waals surface area contributed by atoms with Crippen LogP contribution in [-0.4, -0.2) is 34.3 Å². The summed E-state index contributed by atoms with van der Waals surface area (Å²) in [5.41, 5.74) is 2.39. The minimum atomic E-state index is -0.272. The second-order valence-corrected chi connectivity index (χ2v) is 6.85. The van der Waals surface area contributed by atoms with Crippen LogP contribution in [0.2, 0.25) is 0 Å². The van der Waals surface area contributed by atoms with Gasteiger partial charge in [-0.1, -0.05) is 43.5 Å². The Morgan fingerprint density at radius 1 is 1.00 bits per heavy atom. The lowest BCUT2D eigenvalue weighted by Gasteiger charge is -2.28. The van der Waals surface area contributed by atoms with E-state index in [0.717, 1.165) is 12.8 Å². The minimum absolute atomic E-state index is 0.0186. The lowest BCUT2D eigenvalue weighted by atomic mass is 9.89. The van der Waals surface area contributed by atoms with Crippen molar-refractivity contribution in [1.82, 2.24) is 9.80 Å². The summed E-state index contributed by atoms with van der Waals surface area (Å²) < 4.78 is 0. The molecule has 0 spiro atoms. The predicted octanol–water partition coefficient (Wildman–Crippen LogP) is 2.96. The van der Waals surface area contributed by atoms with Crippen molar-refractivity contribution in [2.24, 2.45) is 5.92 Å². The number of fused-ring (bicyclic) bond motifs is 2. The minimum Gasteiger partial charge on any atom is -0.308 e. The van der Waals surface area contributed by atoms with Crippen molar-refractivity contribution in [3.63, 3.8) is 0 Å². The van der Waals surface area contributed by atoms with Gasteiger partial charge in [0.05, 0.1) is 0 Å². The van der Waals surface area contributed by atoms with Crippen molar-refractivity contribution in [1.29, 1.82) is 0 Å². The molecule has 1 saturated carbocycles. The Morgan fingerprint density at radius 3 is 2.50 bits per heavy atom. The van der Waals surface area contributed by atoms with E-state index < -0.39 is 0 Å². The second-order valence-electron chi connectivity index (χ2n) is 6.85. The molecule has 1 unspecified atom stereocenters. The van der Waals surface area contributed by atoms with Crippen molar-refractivity contribution in [2.75, 3.05) is 6.54 Å². The first kappa shape index (κ1) is 13.8. The molecule has 1 aliphatic carbocycles. The quantitative estimate of drug-likeness (QED) is 0.788. The SMILES string of the molecule is O=C1C2Cc3ccccc3CN2C(=O)N1CC1CCCCC1. The molecule has 4 heteroatoms. The van der Waals surface area contributed by atoms with E-state index in [1.54, 1.807) is 4.90 Å². The van der Waals surface area contributed by atoms with E-state index in [0.29, 0.717) is 25.4 Å². The van der Waals surface area contributed by atoms with Gasteiger partial charge in [0.15, 0.2) is 0 Å². The lowest BCUT2D eigenvalue weighted by Crippen LogP contribution is -2.40. The molecular formula is C18H22N2O2. The average molecular weight is 298 g/mol. The molecule has 0 radical (unpaired) electrons. The molecule has 116 valence electrons. The molecule has 2 fully saturated rings. The van der Waals surface area contributed by atoms with Crippen LogP contribution in [0.25, 0.3) is 0 Å². The van der Waals surface area contributed by atoms with E-state index in [9.17, 15) is 9.59 Å². The molecule has 0 aromatic heterocycles. The van der Waals surface area contributed by atoms with Crippen molar-refractivity contribution in [2.45, 2.75) is 51.1 Å². The van der Waals surface area contributed by atoms with Gasteiger partial charge in [-0.15, -0.1) is 0 Å². The Kier molecular flexibility index (Phi) is 3.40. The number of carbonyl (C=O) groups is 2. The molecule has 1 atom stereocenters. The Balaban J connectivity index is 1.53. The maximum Gasteiger partial charge on any atom is 0.327 e. The van der Waals surface area contributed by atoms with Gasteiger partial charge in [0.1, 0.15) is 6.04 Å². The smallest absolute Gasteiger partial charge is 0.308 e. The van der Waals surface area contributed by atoms with Gasteiger partial charge >= 0.3 is 6.03 Å². The molecule has 4 rings (SSSR count). The van der Waals surface area contributed by atoms with Gasteiger partial charge in [-0.3, -0.25) is 9.69 Å². The molecule has 1 saturated heterocycles. The molecule has 0 N–H and O–H groups in total. The first-order chi connectivity index (χ1) is 10.7. The van der Waals surface area contributed by atoms with Crippen molar-refractivity contribution >= 4 is 11.9 Å². The zero-order valence-corrected chi connectivity index (χ0v) is 12.8. The van der Waals surface area contributed by atoms with Gasteiger partial charge in [-0.05, 0) is 29.9 Å². The number of amides is 3. The van der Waals surface area contributed by atoms with E-state index in [-0.39, 0.29) is 18.0 Å². The summed E-state index contributed by atoms with van der Waals surface area (Å²) in [6.45, 7) is 1.20. The standard InChI is InChI=1S/C18H22N2O2/c21-17-16-10-14-8-4-5-9-15(14)12-19(16)18(22)20(17)11-13-6-2-1-3-7-13/h4-5,8-9,13,16H,1-3,6-7,10-12H2. The molecule has 22 heavy (non-hydrogen) atoms. The van der Waals surface area contributed by atoms with E-state index in [2.05, 4.69) is 12.1 Å². The third kappa shape index (κ3) is 2.21. The van der Waals surface area contributed by atoms with Crippen LogP contribution in [0.3, 0.4) is 0 Å². The van der Waals surface area contributed by atoms with Gasteiger partial charge in [-0.25, -0.2) is 4.79 Å². The van der Waals surface area contributed by atoms with Crippen molar-refractivity contribution < 1.29 is 9.59 Å².